The van der Waals surface area contributed by atoms with Crippen LogP contribution in [0.25, 0.3) is 17.1 Å². The Morgan fingerprint density at radius 1 is 1.08 bits per heavy atom. The van der Waals surface area contributed by atoms with E-state index in [4.69, 9.17) is 21.1 Å². The molecule has 0 aliphatic heterocycles. The number of benzene rings is 3. The highest BCUT2D eigenvalue weighted by Crippen LogP contribution is 2.29. The number of thioether (sulfide) groups is 1. The molecule has 3 aromatic carbocycles. The number of halogens is 1. The molecule has 0 fully saturated rings. The quantitative estimate of drug-likeness (QED) is 0.174. The molecule has 1 N–H and O–H groups in total. The van der Waals surface area contributed by atoms with Gasteiger partial charge in [0.2, 0.25) is 0 Å². The van der Waals surface area contributed by atoms with Crippen molar-refractivity contribution in [2.75, 3.05) is 19.5 Å². The topological polar surface area (TPSA) is 90.6 Å². The Morgan fingerprint density at radius 3 is 2.56 bits per heavy atom. The summed E-state index contributed by atoms with van der Waals surface area (Å²) in [4.78, 5) is 12.5. The third kappa shape index (κ3) is 6.24. The lowest BCUT2D eigenvalue weighted by Crippen LogP contribution is -2.20. The summed E-state index contributed by atoms with van der Waals surface area (Å²) in [7, 11) is 1.58. The lowest BCUT2D eigenvalue weighted by Gasteiger charge is -2.11. The minimum Gasteiger partial charge on any atom is -0.496 e. The van der Waals surface area contributed by atoms with Crippen LogP contribution in [0.15, 0.2) is 83.1 Å². The van der Waals surface area contributed by atoms with E-state index in [2.05, 4.69) is 20.7 Å². The van der Waals surface area contributed by atoms with E-state index in [-0.39, 0.29) is 11.7 Å². The zero-order valence-corrected chi connectivity index (χ0v) is 21.3. The molecule has 0 saturated heterocycles. The van der Waals surface area contributed by atoms with Crippen molar-refractivity contribution < 1.29 is 14.3 Å². The number of nitrogens with zero attached hydrogens (tertiary/aromatic N) is 4. The van der Waals surface area contributed by atoms with Gasteiger partial charge in [0.15, 0.2) is 11.0 Å². The van der Waals surface area contributed by atoms with Crippen molar-refractivity contribution in [3.63, 3.8) is 0 Å². The maximum atomic E-state index is 12.5. The van der Waals surface area contributed by atoms with Gasteiger partial charge in [0.1, 0.15) is 11.5 Å². The van der Waals surface area contributed by atoms with Crippen LogP contribution in [0.2, 0.25) is 5.02 Å². The van der Waals surface area contributed by atoms with Gasteiger partial charge in [-0.25, -0.2) is 5.43 Å². The van der Waals surface area contributed by atoms with Gasteiger partial charge in [-0.2, -0.15) is 5.10 Å². The first-order chi connectivity index (χ1) is 17.6. The van der Waals surface area contributed by atoms with Gasteiger partial charge in [-0.15, -0.1) is 10.2 Å². The number of carbonyl (C=O) groups excluding carboxylic acids is 1. The minimum atomic E-state index is -0.277. The van der Waals surface area contributed by atoms with E-state index in [9.17, 15) is 4.79 Å². The molecule has 0 saturated carbocycles. The number of hydrogen-bond acceptors (Lipinski definition) is 7. The largest absolute Gasteiger partial charge is 0.496 e. The number of ether oxygens (including phenoxy) is 2. The van der Waals surface area contributed by atoms with Crippen LogP contribution in [0.1, 0.15) is 12.5 Å². The maximum absolute atomic E-state index is 12.5. The van der Waals surface area contributed by atoms with Gasteiger partial charge < -0.3 is 9.47 Å². The molecule has 4 rings (SSSR count). The van der Waals surface area contributed by atoms with Gasteiger partial charge in [-0.1, -0.05) is 35.5 Å². The third-order valence-electron chi connectivity index (χ3n) is 5.01. The fourth-order valence-electron chi connectivity index (χ4n) is 3.35. The molecule has 1 aromatic heterocycles. The number of hydrazone groups is 1. The van der Waals surface area contributed by atoms with Crippen molar-refractivity contribution in [2.24, 2.45) is 5.10 Å². The number of rotatable bonds is 10. The molecule has 0 atom stereocenters. The van der Waals surface area contributed by atoms with Crippen molar-refractivity contribution in [3.05, 3.63) is 83.4 Å². The van der Waals surface area contributed by atoms with Gasteiger partial charge in [-0.3, -0.25) is 9.36 Å². The van der Waals surface area contributed by atoms with Gasteiger partial charge in [0.05, 0.1) is 25.7 Å². The van der Waals surface area contributed by atoms with Crippen molar-refractivity contribution in [3.8, 4) is 28.6 Å². The number of amides is 1. The molecule has 8 nitrogen and oxygen atoms in total. The first kappa shape index (κ1) is 25.3. The van der Waals surface area contributed by atoms with Crippen LogP contribution < -0.4 is 14.9 Å². The van der Waals surface area contributed by atoms with Crippen molar-refractivity contribution in [1.29, 1.82) is 0 Å². The average molecular weight is 522 g/mol. The molecule has 1 heterocycles. The summed E-state index contributed by atoms with van der Waals surface area (Å²) in [5.74, 6) is 1.89. The van der Waals surface area contributed by atoms with E-state index < -0.39 is 0 Å². The predicted octanol–water partition coefficient (Wildman–Crippen LogP) is 5.24. The molecule has 0 radical (unpaired) electrons. The average Bonchev–Trinajstić information content (AvgIpc) is 3.33. The molecule has 0 aliphatic carbocycles. The highest BCUT2D eigenvalue weighted by molar-refractivity contribution is 7.99. The SMILES string of the molecule is CCOc1ccc(-n2c(SCC(=O)N/N=C\c3ccccc3OC)nnc2-c2ccc(Cl)cc2)cc1. The molecule has 184 valence electrons. The van der Waals surface area contributed by atoms with Gasteiger partial charge in [0, 0.05) is 21.8 Å². The normalized spacial score (nSPS) is 11.0. The van der Waals surface area contributed by atoms with E-state index in [1.165, 1.54) is 11.8 Å². The van der Waals surface area contributed by atoms with Crippen molar-refractivity contribution >= 4 is 35.5 Å². The summed E-state index contributed by atoms with van der Waals surface area (Å²) in [6.07, 6.45) is 1.54. The summed E-state index contributed by atoms with van der Waals surface area (Å²) in [5.41, 5.74) is 4.99. The van der Waals surface area contributed by atoms with E-state index in [0.717, 1.165) is 22.6 Å². The van der Waals surface area contributed by atoms with Crippen molar-refractivity contribution in [2.45, 2.75) is 12.1 Å². The molecule has 0 aliphatic rings. The Hall–Kier alpha value is -3.82. The Morgan fingerprint density at radius 2 is 1.83 bits per heavy atom. The van der Waals surface area contributed by atoms with Crippen LogP contribution >= 0.6 is 23.4 Å². The molecule has 1 amide bonds. The number of nitrogens with one attached hydrogen (secondary N) is 1. The lowest BCUT2D eigenvalue weighted by molar-refractivity contribution is -0.118. The smallest absolute Gasteiger partial charge is 0.250 e. The zero-order chi connectivity index (χ0) is 25.3. The van der Waals surface area contributed by atoms with Crippen LogP contribution in [-0.4, -0.2) is 46.4 Å². The summed E-state index contributed by atoms with van der Waals surface area (Å²) >= 11 is 7.33. The van der Waals surface area contributed by atoms with E-state index in [0.29, 0.717) is 28.4 Å². The van der Waals surface area contributed by atoms with Gasteiger partial charge >= 0.3 is 0 Å². The monoisotopic (exact) mass is 521 g/mol. The lowest BCUT2D eigenvalue weighted by atomic mass is 10.2. The number of methoxy groups -OCH3 is 1. The first-order valence-electron chi connectivity index (χ1n) is 11.1. The van der Waals surface area contributed by atoms with Crippen LogP contribution in [0.3, 0.4) is 0 Å². The van der Waals surface area contributed by atoms with E-state index >= 15 is 0 Å². The standard InChI is InChI=1S/C26H24ClN5O3S/c1-3-35-22-14-12-21(13-15-22)32-25(18-8-10-20(27)11-9-18)30-31-26(32)36-17-24(33)29-28-16-19-6-4-5-7-23(19)34-2/h4-16H,3,17H2,1-2H3,(H,29,33)/b28-16-. The van der Waals surface area contributed by atoms with Crippen LogP contribution in [0.4, 0.5) is 0 Å². The predicted molar refractivity (Wildman–Crippen MR) is 142 cm³/mol. The third-order valence-corrected chi connectivity index (χ3v) is 6.19. The Labute approximate surface area is 218 Å². The molecular formula is C26H24ClN5O3S. The second-order valence-electron chi connectivity index (χ2n) is 7.40. The second-order valence-corrected chi connectivity index (χ2v) is 8.78. The molecule has 0 spiro atoms. The number of carbonyl (C=O) groups is 1. The zero-order valence-electron chi connectivity index (χ0n) is 19.7. The molecule has 0 unspecified atom stereocenters. The van der Waals surface area contributed by atoms with Gasteiger partial charge in [-0.05, 0) is 67.6 Å². The number of para-hydroxylation sites is 1. The fraction of sp³-hybridized carbons (Fsp3) is 0.154. The molecule has 36 heavy (non-hydrogen) atoms. The Kier molecular flexibility index (Phi) is 8.59. The molecular weight excluding hydrogens is 498 g/mol. The summed E-state index contributed by atoms with van der Waals surface area (Å²) < 4.78 is 12.8. The van der Waals surface area contributed by atoms with E-state index in [1.54, 1.807) is 25.5 Å². The maximum Gasteiger partial charge on any atom is 0.250 e. The summed E-state index contributed by atoms with van der Waals surface area (Å²) in [5, 5.41) is 14.0. The van der Waals surface area contributed by atoms with Crippen molar-refractivity contribution in [1.82, 2.24) is 20.2 Å². The Bertz CT molecular complexity index is 1340. The van der Waals surface area contributed by atoms with Crippen LogP contribution in [-0.2, 0) is 4.79 Å². The second kappa shape index (κ2) is 12.2. The minimum absolute atomic E-state index is 0.0963. The first-order valence-corrected chi connectivity index (χ1v) is 12.5. The summed E-state index contributed by atoms with van der Waals surface area (Å²) in [6.45, 7) is 2.52. The highest BCUT2D eigenvalue weighted by atomic mass is 35.5. The number of hydrogen-bond donors (Lipinski definition) is 1. The molecule has 0 bridgehead atoms. The molecule has 4 aromatic rings. The van der Waals surface area contributed by atoms with Crippen LogP contribution in [0.5, 0.6) is 11.5 Å². The highest BCUT2D eigenvalue weighted by Gasteiger charge is 2.17. The Balaban J connectivity index is 1.52. The fourth-order valence-corrected chi connectivity index (χ4v) is 4.22. The summed E-state index contributed by atoms with van der Waals surface area (Å²) in [6, 6.07) is 22.4. The molecule has 10 heteroatoms. The van der Waals surface area contributed by atoms with E-state index in [1.807, 2.05) is 72.2 Å². The van der Waals surface area contributed by atoms with Gasteiger partial charge in [0.25, 0.3) is 5.91 Å². The van der Waals surface area contributed by atoms with Crippen LogP contribution in [0, 0.1) is 0 Å². The number of aromatic nitrogens is 3.